The van der Waals surface area contributed by atoms with Gasteiger partial charge in [0.05, 0.1) is 5.92 Å². The van der Waals surface area contributed by atoms with Crippen LogP contribution >= 0.6 is 15.9 Å². The van der Waals surface area contributed by atoms with Crippen LogP contribution in [-0.4, -0.2) is 22.7 Å². The second-order valence-corrected chi connectivity index (χ2v) is 8.24. The van der Waals surface area contributed by atoms with Gasteiger partial charge < -0.3 is 20.5 Å². The summed E-state index contributed by atoms with van der Waals surface area (Å²) < 4.78 is 12.3. The largest absolute Gasteiger partial charge is 0.483 e. The number of para-hydroxylation sites is 1. The Labute approximate surface area is 193 Å². The van der Waals surface area contributed by atoms with Crippen molar-refractivity contribution in [1.82, 2.24) is 10.2 Å². The number of nitriles is 1. The number of H-pyrrole nitrogens is 1. The molecule has 1 amide bonds. The van der Waals surface area contributed by atoms with Gasteiger partial charge in [0.2, 0.25) is 11.8 Å². The van der Waals surface area contributed by atoms with Gasteiger partial charge in [0.15, 0.2) is 6.61 Å². The number of ether oxygens (including phenoxy) is 2. The molecule has 3 aromatic rings. The number of allylic oxidation sites excluding steroid dienone is 1. The summed E-state index contributed by atoms with van der Waals surface area (Å²) in [5, 5.41) is 19.6. The monoisotopic (exact) mass is 493 g/mol. The molecule has 1 atom stereocenters. The molecule has 0 fully saturated rings. The highest BCUT2D eigenvalue weighted by Crippen LogP contribution is 2.45. The van der Waals surface area contributed by atoms with Crippen LogP contribution in [0.3, 0.4) is 0 Å². The van der Waals surface area contributed by atoms with E-state index in [9.17, 15) is 10.1 Å². The number of hydrogen-bond acceptors (Lipinski definition) is 6. The Morgan fingerprint density at radius 3 is 2.88 bits per heavy atom. The number of nitrogens with zero attached hydrogens (tertiary/aromatic N) is 2. The van der Waals surface area contributed by atoms with Gasteiger partial charge in [-0.1, -0.05) is 34.1 Å². The number of carbonyl (C=O) groups is 1. The van der Waals surface area contributed by atoms with E-state index < -0.39 is 5.92 Å². The predicted octanol–water partition coefficient (Wildman–Crippen LogP) is 4.02. The second-order valence-electron chi connectivity index (χ2n) is 7.33. The Bertz CT molecular complexity index is 1270. The first kappa shape index (κ1) is 21.5. The highest BCUT2D eigenvalue weighted by atomic mass is 79.9. The lowest BCUT2D eigenvalue weighted by atomic mass is 9.83. The number of nitrogens with two attached hydrogens (primary N) is 1. The molecule has 8 nitrogen and oxygen atoms in total. The fourth-order valence-electron chi connectivity index (χ4n) is 3.66. The van der Waals surface area contributed by atoms with Gasteiger partial charge in [-0.3, -0.25) is 9.89 Å². The maximum absolute atomic E-state index is 12.5. The molecule has 0 radical (unpaired) electrons. The summed E-state index contributed by atoms with van der Waals surface area (Å²) in [6, 6.07) is 15.0. The molecule has 0 bridgehead atoms. The zero-order valence-electron chi connectivity index (χ0n) is 17.4. The lowest BCUT2D eigenvalue weighted by molar-refractivity contribution is -0.118. The Morgan fingerprint density at radius 1 is 1.34 bits per heavy atom. The number of aromatic amines is 1. The molecule has 1 aliphatic heterocycles. The molecular weight excluding hydrogens is 474 g/mol. The summed E-state index contributed by atoms with van der Waals surface area (Å²) in [4.78, 5) is 12.5. The van der Waals surface area contributed by atoms with Crippen LogP contribution in [0.15, 0.2) is 58.4 Å². The molecule has 162 valence electrons. The first-order chi connectivity index (χ1) is 15.4. The number of aryl methyl sites for hydroxylation is 2. The Morgan fingerprint density at radius 2 is 2.12 bits per heavy atom. The maximum Gasteiger partial charge on any atom is 0.262 e. The minimum atomic E-state index is -0.532. The van der Waals surface area contributed by atoms with Crippen LogP contribution in [0.1, 0.15) is 28.3 Å². The van der Waals surface area contributed by atoms with E-state index in [1.165, 1.54) is 0 Å². The molecule has 0 aliphatic carbocycles. The van der Waals surface area contributed by atoms with Crippen molar-refractivity contribution < 1.29 is 14.3 Å². The minimum Gasteiger partial charge on any atom is -0.483 e. The molecule has 4 rings (SSSR count). The number of nitrogens with one attached hydrogen (secondary N) is 2. The van der Waals surface area contributed by atoms with E-state index in [4.69, 9.17) is 15.2 Å². The van der Waals surface area contributed by atoms with Gasteiger partial charge in [0.25, 0.3) is 5.91 Å². The fraction of sp³-hybridized carbons (Fsp3) is 0.174. The molecule has 0 spiro atoms. The number of aromatic nitrogens is 2. The molecule has 0 saturated carbocycles. The Hall–Kier alpha value is -3.77. The van der Waals surface area contributed by atoms with Crippen molar-refractivity contribution in [2.45, 2.75) is 19.8 Å². The predicted molar refractivity (Wildman–Crippen MR) is 122 cm³/mol. The molecule has 32 heavy (non-hydrogen) atoms. The van der Waals surface area contributed by atoms with Crippen molar-refractivity contribution in [2.75, 3.05) is 11.9 Å². The van der Waals surface area contributed by atoms with Gasteiger partial charge in [-0.2, -0.15) is 5.26 Å². The molecular formula is C23H20BrN5O3. The number of halogens is 1. The van der Waals surface area contributed by atoms with Crippen molar-refractivity contribution >= 4 is 27.5 Å². The quantitative estimate of drug-likeness (QED) is 0.492. The van der Waals surface area contributed by atoms with Gasteiger partial charge >= 0.3 is 0 Å². The number of rotatable bonds is 5. The van der Waals surface area contributed by atoms with Crippen LogP contribution in [0.5, 0.6) is 11.6 Å². The second kappa shape index (κ2) is 8.77. The van der Waals surface area contributed by atoms with Crippen LogP contribution < -0.4 is 20.5 Å². The summed E-state index contributed by atoms with van der Waals surface area (Å²) >= 11 is 3.41. The van der Waals surface area contributed by atoms with E-state index in [0.29, 0.717) is 28.4 Å². The van der Waals surface area contributed by atoms with Crippen LogP contribution in [0.25, 0.3) is 0 Å². The lowest BCUT2D eigenvalue weighted by Gasteiger charge is -2.25. The van der Waals surface area contributed by atoms with Gasteiger partial charge in [-0.15, -0.1) is 5.10 Å². The molecule has 0 saturated heterocycles. The smallest absolute Gasteiger partial charge is 0.262 e. The van der Waals surface area contributed by atoms with Crippen molar-refractivity contribution in [3.63, 3.8) is 0 Å². The summed E-state index contributed by atoms with van der Waals surface area (Å²) in [7, 11) is 0. The highest BCUT2D eigenvalue weighted by Gasteiger charge is 2.35. The van der Waals surface area contributed by atoms with Gasteiger partial charge in [0.1, 0.15) is 17.4 Å². The van der Waals surface area contributed by atoms with Crippen LogP contribution in [-0.2, 0) is 4.79 Å². The molecule has 1 aliphatic rings. The number of hydrogen-bond donors (Lipinski definition) is 3. The topological polar surface area (TPSA) is 126 Å². The molecule has 1 aromatic heterocycles. The fourth-order valence-corrected chi connectivity index (χ4v) is 4.13. The first-order valence-electron chi connectivity index (χ1n) is 9.79. The van der Waals surface area contributed by atoms with Crippen molar-refractivity contribution in [3.8, 4) is 17.7 Å². The SMILES string of the molecule is Cc1cc(Br)ccc1NC(=O)COc1ccccc1C1C(C#N)=C(N)Oc2n[nH]c(C)c21. The van der Waals surface area contributed by atoms with Crippen molar-refractivity contribution in [2.24, 2.45) is 5.73 Å². The number of anilines is 1. The van der Waals surface area contributed by atoms with E-state index in [2.05, 4.69) is 37.5 Å². The highest BCUT2D eigenvalue weighted by molar-refractivity contribution is 9.10. The average Bonchev–Trinajstić information content (AvgIpc) is 3.13. The third-order valence-corrected chi connectivity index (χ3v) is 5.67. The standard InChI is InChI=1S/C23H20BrN5O3/c1-12-9-14(24)7-8-17(12)27-19(30)11-31-18-6-4-3-5-15(18)21-16(10-25)22(26)32-23-20(21)13(2)28-29-23/h3-9,21H,11,26H2,1-2H3,(H,27,30)(H,28,29). The molecule has 9 heteroatoms. The van der Waals surface area contributed by atoms with Crippen LogP contribution in [0.4, 0.5) is 5.69 Å². The van der Waals surface area contributed by atoms with E-state index >= 15 is 0 Å². The Kier molecular flexibility index (Phi) is 5.88. The normalized spacial score (nSPS) is 14.9. The molecule has 2 heterocycles. The number of fused-ring (bicyclic) bond motifs is 1. The molecule has 2 aromatic carbocycles. The van der Waals surface area contributed by atoms with E-state index in [1.54, 1.807) is 12.1 Å². The van der Waals surface area contributed by atoms with Crippen LogP contribution in [0.2, 0.25) is 0 Å². The summed E-state index contributed by atoms with van der Waals surface area (Å²) in [5.74, 6) is -0.0466. The van der Waals surface area contributed by atoms with Crippen molar-refractivity contribution in [1.29, 1.82) is 5.26 Å². The number of carbonyl (C=O) groups excluding carboxylic acids is 1. The lowest BCUT2D eigenvalue weighted by Crippen LogP contribution is -2.23. The summed E-state index contributed by atoms with van der Waals surface area (Å²) in [5.41, 5.74) is 10.0. The zero-order valence-corrected chi connectivity index (χ0v) is 19.0. The third kappa shape index (κ3) is 4.05. The van der Waals surface area contributed by atoms with E-state index in [0.717, 1.165) is 15.7 Å². The molecule has 1 unspecified atom stereocenters. The summed E-state index contributed by atoms with van der Waals surface area (Å²) in [6.45, 7) is 3.55. The van der Waals surface area contributed by atoms with E-state index in [-0.39, 0.29) is 24.0 Å². The molecule has 4 N–H and O–H groups in total. The average molecular weight is 494 g/mol. The van der Waals surface area contributed by atoms with Gasteiger partial charge in [-0.25, -0.2) is 0 Å². The summed E-state index contributed by atoms with van der Waals surface area (Å²) in [6.07, 6.45) is 0. The van der Waals surface area contributed by atoms with Crippen molar-refractivity contribution in [3.05, 3.63) is 80.8 Å². The van der Waals surface area contributed by atoms with Gasteiger partial charge in [0, 0.05) is 27.0 Å². The van der Waals surface area contributed by atoms with Crippen LogP contribution in [0, 0.1) is 25.2 Å². The third-order valence-electron chi connectivity index (χ3n) is 5.18. The van der Waals surface area contributed by atoms with Gasteiger partial charge in [-0.05, 0) is 43.7 Å². The maximum atomic E-state index is 12.5. The van der Waals surface area contributed by atoms with E-state index in [1.807, 2.05) is 44.2 Å². The zero-order chi connectivity index (χ0) is 22.8. The first-order valence-corrected chi connectivity index (χ1v) is 10.6. The minimum absolute atomic E-state index is 0.00485. The number of amides is 1. The Balaban J connectivity index is 1.60. The number of benzene rings is 2.